The Hall–Kier alpha value is -3.32. The van der Waals surface area contributed by atoms with E-state index in [1.54, 1.807) is 0 Å². The number of β-lactam (4-membered cyclic amide) rings is 1. The number of nitrogens with one attached hydrogen (secondary N) is 2. The normalized spacial score (nSPS) is 17.6. The summed E-state index contributed by atoms with van der Waals surface area (Å²) in [6, 6.07) is -1.18. The van der Waals surface area contributed by atoms with Crippen LogP contribution in [0.1, 0.15) is 46.7 Å². The molecule has 0 spiro atoms. The molecule has 3 rings (SSSR count). The van der Waals surface area contributed by atoms with Gasteiger partial charge in [-0.1, -0.05) is 5.16 Å². The third-order valence-electron chi connectivity index (χ3n) is 6.57. The number of fused-ring (bicyclic) bond motifs is 1. The summed E-state index contributed by atoms with van der Waals surface area (Å²) in [4.78, 5) is 92.3. The number of anilines is 1. The molecule has 1 unspecified atom stereocenters. The molecule has 0 saturated carbocycles. The number of thioether (sulfide) groups is 1. The van der Waals surface area contributed by atoms with Gasteiger partial charge in [-0.15, -0.1) is 41.8 Å². The van der Waals surface area contributed by atoms with Crippen LogP contribution in [0.2, 0.25) is 0 Å². The number of rotatable bonds is 24. The summed E-state index contributed by atoms with van der Waals surface area (Å²) in [5.74, 6) is -4.62. The molecule has 1 aromatic heterocycles. The highest BCUT2D eigenvalue weighted by atomic mass is 32.2. The Labute approximate surface area is 316 Å². The van der Waals surface area contributed by atoms with E-state index in [0.29, 0.717) is 0 Å². The number of aliphatic carboxylic acids is 1. The third-order valence-corrected chi connectivity index (χ3v) is 13.4. The monoisotopic (exact) mass is 847 g/mol. The Bertz CT molecular complexity index is 1630. The van der Waals surface area contributed by atoms with Crippen LogP contribution in [0.4, 0.5) is 5.13 Å². The molecule has 1 saturated heterocycles. The van der Waals surface area contributed by atoms with Crippen molar-refractivity contribution in [2.45, 2.75) is 57.9 Å². The average Bonchev–Trinajstić information content (AvgIpc) is 3.60. The number of carboxylic acids is 1. The molecule has 2 aliphatic rings. The number of amides is 3. The van der Waals surface area contributed by atoms with Gasteiger partial charge < -0.3 is 25.3 Å². The molecule has 2 aliphatic heterocycles. The molecule has 23 nitrogen and oxygen atoms in total. The summed E-state index contributed by atoms with van der Waals surface area (Å²) in [6.45, 7) is 6.11. The van der Waals surface area contributed by atoms with Crippen molar-refractivity contribution in [2.75, 3.05) is 51.2 Å². The lowest BCUT2D eigenvalue weighted by molar-refractivity contribution is -0.272. The maximum Gasteiger partial charge on any atom is 0.399 e. The maximum absolute atomic E-state index is 13.9. The summed E-state index contributed by atoms with van der Waals surface area (Å²) in [5.41, 5.74) is -0.696. The first-order chi connectivity index (χ1) is 25.7. The lowest BCUT2D eigenvalue weighted by atomic mass is 10.0. The Morgan fingerprint density at radius 3 is 2.04 bits per heavy atom. The van der Waals surface area contributed by atoms with Crippen molar-refractivity contribution in [2.24, 2.45) is 5.16 Å². The van der Waals surface area contributed by atoms with Gasteiger partial charge in [-0.3, -0.25) is 33.2 Å². The zero-order valence-corrected chi connectivity index (χ0v) is 33.1. The highest BCUT2D eigenvalue weighted by Gasteiger charge is 2.57. The molecular formula is C27H39N5O18P2S2. The second-order valence-corrected chi connectivity index (χ2v) is 16.7. The number of aromatic nitrogens is 1. The second kappa shape index (κ2) is 21.1. The van der Waals surface area contributed by atoms with Gasteiger partial charge in [-0.2, -0.15) is 0 Å². The number of hydrogen-bond acceptors (Lipinski definition) is 21. The molecule has 0 aromatic carbocycles. The smallest absolute Gasteiger partial charge is 0.399 e. The van der Waals surface area contributed by atoms with Crippen LogP contribution in [0.3, 0.4) is 0 Å². The molecule has 54 heavy (non-hydrogen) atoms. The molecule has 302 valence electrons. The molecule has 1 aromatic rings. The van der Waals surface area contributed by atoms with Gasteiger partial charge in [-0.05, 0) is 27.7 Å². The topological polar surface area (TPSA) is 285 Å². The highest BCUT2D eigenvalue weighted by Crippen LogP contribution is 2.72. The van der Waals surface area contributed by atoms with Crippen LogP contribution >= 0.6 is 38.3 Å². The van der Waals surface area contributed by atoms with E-state index in [1.807, 2.05) is 0 Å². The number of esters is 1. The Kier molecular flexibility index (Phi) is 17.6. The van der Waals surface area contributed by atoms with Crippen LogP contribution in [0.25, 0.3) is 0 Å². The van der Waals surface area contributed by atoms with Crippen molar-refractivity contribution >= 4 is 78.8 Å². The zero-order valence-electron chi connectivity index (χ0n) is 29.7. The summed E-state index contributed by atoms with van der Waals surface area (Å²) in [6.07, 6.45) is -0.974. The molecule has 3 amide bonds. The van der Waals surface area contributed by atoms with Gasteiger partial charge in [0.15, 0.2) is 16.2 Å². The fourth-order valence-corrected chi connectivity index (χ4v) is 10.5. The van der Waals surface area contributed by atoms with E-state index >= 15 is 0 Å². The lowest BCUT2D eigenvalue weighted by Gasteiger charge is -2.49. The van der Waals surface area contributed by atoms with Crippen LogP contribution in [-0.4, -0.2) is 113 Å². The van der Waals surface area contributed by atoms with Gasteiger partial charge in [-0.25, -0.2) is 29.3 Å². The number of carbonyl (C=O) groups is 5. The van der Waals surface area contributed by atoms with Crippen LogP contribution < -0.4 is 10.6 Å². The van der Waals surface area contributed by atoms with E-state index in [0.717, 1.165) is 42.0 Å². The molecular weight excluding hydrogens is 808 g/mol. The molecule has 27 heteroatoms. The molecule has 2 atom stereocenters. The van der Waals surface area contributed by atoms with E-state index in [4.69, 9.17) is 47.8 Å². The Balaban J connectivity index is 1.81. The minimum absolute atomic E-state index is 0.0979. The zero-order chi connectivity index (χ0) is 40.1. The molecule has 0 aliphatic carbocycles. The largest absolute Gasteiger partial charge is 0.477 e. The number of hydrogen-bond donors (Lipinski definition) is 3. The van der Waals surface area contributed by atoms with Crippen LogP contribution in [0.15, 0.2) is 21.8 Å². The SMILES string of the molecule is CCOOP(=O)(OOCC)C(CC(=O)Nc1nc(C(=NOC)C(=O)NC2C(=O)N3C(C(=O)O)=C(COC(C)=O)CS[C@@H]23)cs1)P(=O)(OOCC)OOCC. The van der Waals surface area contributed by atoms with Crippen molar-refractivity contribution < 1.29 is 86.0 Å². The minimum Gasteiger partial charge on any atom is -0.477 e. The van der Waals surface area contributed by atoms with E-state index in [9.17, 15) is 38.2 Å². The van der Waals surface area contributed by atoms with Crippen molar-refractivity contribution in [3.63, 3.8) is 0 Å². The van der Waals surface area contributed by atoms with Gasteiger partial charge >= 0.3 is 27.1 Å². The van der Waals surface area contributed by atoms with E-state index in [1.165, 1.54) is 33.1 Å². The number of nitrogens with zero attached hydrogens (tertiary/aromatic N) is 3. The molecule has 3 heterocycles. The van der Waals surface area contributed by atoms with Crippen molar-refractivity contribution in [1.29, 1.82) is 0 Å². The van der Waals surface area contributed by atoms with Crippen molar-refractivity contribution in [3.8, 4) is 0 Å². The third kappa shape index (κ3) is 11.4. The minimum atomic E-state index is -4.87. The predicted molar refractivity (Wildman–Crippen MR) is 185 cm³/mol. The molecule has 3 N–H and O–H groups in total. The number of ether oxygens (including phenoxy) is 1. The predicted octanol–water partition coefficient (Wildman–Crippen LogP) is 2.71. The van der Waals surface area contributed by atoms with Crippen molar-refractivity contribution in [3.05, 3.63) is 22.3 Å². The van der Waals surface area contributed by atoms with E-state index in [-0.39, 0.29) is 60.9 Å². The van der Waals surface area contributed by atoms with Crippen LogP contribution in [0, 0.1) is 0 Å². The number of thiazole rings is 1. The van der Waals surface area contributed by atoms with E-state index in [2.05, 4.69) is 20.8 Å². The molecule has 0 bridgehead atoms. The van der Waals surface area contributed by atoms with Gasteiger partial charge in [0, 0.05) is 23.6 Å². The highest BCUT2D eigenvalue weighted by molar-refractivity contribution is 8.00. The van der Waals surface area contributed by atoms with Gasteiger partial charge in [0.05, 0.1) is 32.8 Å². The first-order valence-electron chi connectivity index (χ1n) is 15.8. The summed E-state index contributed by atoms with van der Waals surface area (Å²) < 4.78 is 52.5. The number of carbonyl (C=O) groups excluding carboxylic acids is 4. The summed E-state index contributed by atoms with van der Waals surface area (Å²) >= 11 is 1.95. The van der Waals surface area contributed by atoms with E-state index < -0.39 is 73.8 Å². The quantitative estimate of drug-likeness (QED) is 0.0337. The van der Waals surface area contributed by atoms with Gasteiger partial charge in [0.2, 0.25) is 5.91 Å². The average molecular weight is 848 g/mol. The number of carboxylic acid groups (broad SMARTS) is 1. The van der Waals surface area contributed by atoms with Crippen molar-refractivity contribution in [1.82, 2.24) is 15.2 Å². The first kappa shape index (κ1) is 45.1. The first-order valence-corrected chi connectivity index (χ1v) is 21.0. The van der Waals surface area contributed by atoms with Crippen LogP contribution in [-0.2, 0) is 80.9 Å². The standard InChI is InChI=1S/C27H39N5O18P2S2/c1-7-43-47-51(39,48-44-8-2)19(52(40,49-45-9-3)50-46-10-4)11-18(34)29-27-28-17(14-54-27)20(31-41-6)23(35)30-21-24(36)32-22(26(37)38)16(12-42-15(5)33)13-53-25(21)32/h14,19,21,25H,7-13H2,1-6H3,(H,30,35)(H,37,38)(H,28,29,34)/t21?,25-/m0/s1. The summed E-state index contributed by atoms with van der Waals surface area (Å²) in [5, 5.41) is 16.6. The van der Waals surface area contributed by atoms with Crippen LogP contribution in [0.5, 0.6) is 0 Å². The van der Waals surface area contributed by atoms with Gasteiger partial charge in [0.1, 0.15) is 36.5 Å². The summed E-state index contributed by atoms with van der Waals surface area (Å²) in [7, 11) is -8.61. The molecule has 1 fully saturated rings. The lowest BCUT2D eigenvalue weighted by Crippen LogP contribution is -2.71. The fraction of sp³-hybridized carbons (Fsp3) is 0.593. The Morgan fingerprint density at radius 2 is 1.56 bits per heavy atom. The second-order valence-electron chi connectivity index (χ2n) is 10.3. The molecule has 0 radical (unpaired) electrons. The number of oxime groups is 1. The van der Waals surface area contributed by atoms with Gasteiger partial charge in [0.25, 0.3) is 11.8 Å². The maximum atomic E-state index is 13.9. The Morgan fingerprint density at radius 1 is 1.00 bits per heavy atom. The fourth-order valence-electron chi connectivity index (χ4n) is 4.39.